The van der Waals surface area contributed by atoms with E-state index in [0.717, 1.165) is 18.5 Å². The molecule has 0 radical (unpaired) electrons. The summed E-state index contributed by atoms with van der Waals surface area (Å²) in [5.41, 5.74) is 1.39. The van der Waals surface area contributed by atoms with Crippen molar-refractivity contribution < 1.29 is 14.3 Å². The van der Waals surface area contributed by atoms with E-state index in [-0.39, 0.29) is 11.7 Å². The van der Waals surface area contributed by atoms with E-state index in [1.165, 1.54) is 0 Å². The van der Waals surface area contributed by atoms with Crippen LogP contribution in [-0.2, 0) is 4.79 Å². The van der Waals surface area contributed by atoms with Gasteiger partial charge in [-0.3, -0.25) is 9.59 Å². The van der Waals surface area contributed by atoms with Gasteiger partial charge in [-0.2, -0.15) is 0 Å². The number of ether oxygens (including phenoxy) is 1. The molecule has 0 aliphatic carbocycles. The number of nitrogens with zero attached hydrogens (tertiary/aromatic N) is 1. The minimum Gasteiger partial charge on any atom is -0.478 e. The zero-order chi connectivity index (χ0) is 14.7. The van der Waals surface area contributed by atoms with Gasteiger partial charge in [-0.05, 0) is 31.0 Å². The summed E-state index contributed by atoms with van der Waals surface area (Å²) < 4.78 is 5.78. The molecule has 1 aliphatic heterocycles. The maximum atomic E-state index is 12.1. The summed E-state index contributed by atoms with van der Waals surface area (Å²) in [6.45, 7) is 4.00. The molecule has 1 heterocycles. The lowest BCUT2D eigenvalue weighted by Crippen LogP contribution is -2.43. The van der Waals surface area contributed by atoms with Crippen LogP contribution in [0, 0.1) is 0 Å². The average Bonchev–Trinajstić information content (AvgIpc) is 2.44. The van der Waals surface area contributed by atoms with Crippen LogP contribution in [0.4, 0.5) is 5.69 Å². The number of benzene rings is 1. The molecular weight excluding hydrogens is 254 g/mol. The fourth-order valence-electron chi connectivity index (χ4n) is 2.41. The number of rotatable bonds is 5. The van der Waals surface area contributed by atoms with Crippen molar-refractivity contribution >= 4 is 17.4 Å². The number of carbonyl (C=O) groups excluding carboxylic acids is 2. The summed E-state index contributed by atoms with van der Waals surface area (Å²) in [4.78, 5) is 25.7. The van der Waals surface area contributed by atoms with Crippen molar-refractivity contribution in [2.24, 2.45) is 0 Å². The highest BCUT2D eigenvalue weighted by atomic mass is 16.5. The molecule has 1 amide bonds. The van der Waals surface area contributed by atoms with Crippen molar-refractivity contribution in [3.8, 4) is 5.75 Å². The van der Waals surface area contributed by atoms with Gasteiger partial charge in [-0.15, -0.1) is 0 Å². The number of ketones is 1. The van der Waals surface area contributed by atoms with Crippen LogP contribution in [0.15, 0.2) is 18.2 Å². The normalized spacial score (nSPS) is 17.6. The summed E-state index contributed by atoms with van der Waals surface area (Å²) >= 11 is 0. The van der Waals surface area contributed by atoms with Crippen molar-refractivity contribution in [3.63, 3.8) is 0 Å². The lowest BCUT2D eigenvalue weighted by molar-refractivity contribution is -0.126. The van der Waals surface area contributed by atoms with E-state index in [4.69, 9.17) is 4.74 Å². The van der Waals surface area contributed by atoms with Crippen molar-refractivity contribution in [3.05, 3.63) is 23.8 Å². The maximum absolute atomic E-state index is 12.1. The Morgan fingerprint density at radius 2 is 2.05 bits per heavy atom. The molecule has 1 aromatic carbocycles. The molecule has 4 nitrogen and oxygen atoms in total. The van der Waals surface area contributed by atoms with Crippen LogP contribution in [0.1, 0.15) is 49.9 Å². The molecule has 2 rings (SSSR count). The Kier molecular flexibility index (Phi) is 4.42. The Labute approximate surface area is 119 Å². The highest BCUT2D eigenvalue weighted by molar-refractivity contribution is 6.02. The molecular formula is C16H21NO3. The molecule has 108 valence electrons. The predicted octanol–water partition coefficient (Wildman–Crippen LogP) is 3.19. The Bertz CT molecular complexity index is 524. The number of hydrogen-bond donors (Lipinski definition) is 0. The first-order chi connectivity index (χ1) is 9.58. The molecule has 0 saturated heterocycles. The van der Waals surface area contributed by atoms with Crippen LogP contribution in [0.25, 0.3) is 0 Å². The third-order valence-corrected chi connectivity index (χ3v) is 3.55. The van der Waals surface area contributed by atoms with E-state index >= 15 is 0 Å². The molecule has 1 aromatic rings. The monoisotopic (exact) mass is 275 g/mol. The molecule has 0 spiro atoms. The molecule has 0 saturated carbocycles. The quantitative estimate of drug-likeness (QED) is 0.775. The maximum Gasteiger partial charge on any atom is 0.267 e. The Balaban J connectivity index is 2.31. The number of Topliss-reactive ketones (excluding diaryl/α,β-unsaturated/α-hetero) is 1. The molecule has 4 heteroatoms. The number of likely N-dealkylation sites (N-methyl/N-ethyl adjacent to an activating group) is 1. The second kappa shape index (κ2) is 6.07. The Morgan fingerprint density at radius 3 is 2.70 bits per heavy atom. The number of anilines is 1. The van der Waals surface area contributed by atoms with Crippen molar-refractivity contribution in [2.75, 3.05) is 11.9 Å². The van der Waals surface area contributed by atoms with Gasteiger partial charge in [-0.25, -0.2) is 0 Å². The van der Waals surface area contributed by atoms with Gasteiger partial charge in [0.15, 0.2) is 11.9 Å². The first-order valence-electron chi connectivity index (χ1n) is 7.20. The summed E-state index contributed by atoms with van der Waals surface area (Å²) in [6.07, 6.45) is 2.50. The lowest BCUT2D eigenvalue weighted by atomic mass is 10.0. The summed E-state index contributed by atoms with van der Waals surface area (Å²) in [6, 6.07) is 5.32. The van der Waals surface area contributed by atoms with E-state index in [0.29, 0.717) is 24.2 Å². The van der Waals surface area contributed by atoms with E-state index in [2.05, 4.69) is 0 Å². The second-order valence-corrected chi connectivity index (χ2v) is 5.15. The SMILES string of the molecule is CCCC(=O)c1ccc2c(c1)OC(CCC)C(=O)N2C. The molecule has 0 fully saturated rings. The van der Waals surface area contributed by atoms with Gasteiger partial charge in [-0.1, -0.05) is 20.3 Å². The van der Waals surface area contributed by atoms with Crippen LogP contribution in [0.5, 0.6) is 5.75 Å². The fourth-order valence-corrected chi connectivity index (χ4v) is 2.41. The predicted molar refractivity (Wildman–Crippen MR) is 78.4 cm³/mol. The van der Waals surface area contributed by atoms with Gasteiger partial charge in [0.1, 0.15) is 5.75 Å². The fraction of sp³-hybridized carbons (Fsp3) is 0.500. The summed E-state index contributed by atoms with van der Waals surface area (Å²) in [5, 5.41) is 0. The molecule has 1 atom stereocenters. The van der Waals surface area contributed by atoms with Crippen LogP contribution in [0.2, 0.25) is 0 Å². The van der Waals surface area contributed by atoms with Crippen LogP contribution in [-0.4, -0.2) is 24.8 Å². The molecule has 1 aliphatic rings. The summed E-state index contributed by atoms with van der Waals surface area (Å²) in [5.74, 6) is 0.727. The third-order valence-electron chi connectivity index (χ3n) is 3.55. The zero-order valence-corrected chi connectivity index (χ0v) is 12.3. The number of carbonyl (C=O) groups is 2. The average molecular weight is 275 g/mol. The highest BCUT2D eigenvalue weighted by Gasteiger charge is 2.31. The Morgan fingerprint density at radius 1 is 1.30 bits per heavy atom. The number of fused-ring (bicyclic) bond motifs is 1. The minimum absolute atomic E-state index is 0.0213. The third kappa shape index (κ3) is 2.69. The Hall–Kier alpha value is -1.84. The minimum atomic E-state index is -0.436. The van der Waals surface area contributed by atoms with Gasteiger partial charge >= 0.3 is 0 Å². The van der Waals surface area contributed by atoms with Gasteiger partial charge < -0.3 is 9.64 Å². The smallest absolute Gasteiger partial charge is 0.267 e. The van der Waals surface area contributed by atoms with Crippen molar-refractivity contribution in [1.29, 1.82) is 0 Å². The van der Waals surface area contributed by atoms with Crippen molar-refractivity contribution in [2.45, 2.75) is 45.6 Å². The van der Waals surface area contributed by atoms with E-state index in [1.54, 1.807) is 30.1 Å². The topological polar surface area (TPSA) is 46.6 Å². The van der Waals surface area contributed by atoms with Gasteiger partial charge in [0, 0.05) is 19.0 Å². The number of amides is 1. The largest absolute Gasteiger partial charge is 0.478 e. The second-order valence-electron chi connectivity index (χ2n) is 5.15. The van der Waals surface area contributed by atoms with Crippen LogP contribution >= 0.6 is 0 Å². The van der Waals surface area contributed by atoms with Crippen LogP contribution in [0.3, 0.4) is 0 Å². The first kappa shape index (κ1) is 14.6. The standard InChI is InChI=1S/C16H21NO3/c1-4-6-13(18)11-8-9-12-15(10-11)20-14(7-5-2)16(19)17(12)3/h8-10,14H,4-7H2,1-3H3. The first-order valence-corrected chi connectivity index (χ1v) is 7.20. The van der Waals surface area contributed by atoms with E-state index in [9.17, 15) is 9.59 Å². The van der Waals surface area contributed by atoms with E-state index < -0.39 is 6.10 Å². The molecule has 1 unspecified atom stereocenters. The zero-order valence-electron chi connectivity index (χ0n) is 12.3. The summed E-state index contributed by atoms with van der Waals surface area (Å²) in [7, 11) is 1.75. The molecule has 20 heavy (non-hydrogen) atoms. The van der Waals surface area contributed by atoms with Gasteiger partial charge in [0.25, 0.3) is 5.91 Å². The van der Waals surface area contributed by atoms with Gasteiger partial charge in [0.2, 0.25) is 0 Å². The van der Waals surface area contributed by atoms with Crippen LogP contribution < -0.4 is 9.64 Å². The molecule has 0 N–H and O–H groups in total. The lowest BCUT2D eigenvalue weighted by Gasteiger charge is -2.32. The van der Waals surface area contributed by atoms with E-state index in [1.807, 2.05) is 13.8 Å². The number of hydrogen-bond acceptors (Lipinski definition) is 3. The highest BCUT2D eigenvalue weighted by Crippen LogP contribution is 2.35. The molecule has 0 aromatic heterocycles. The van der Waals surface area contributed by atoms with Gasteiger partial charge in [0.05, 0.1) is 5.69 Å². The molecule has 0 bridgehead atoms. The van der Waals surface area contributed by atoms with Crippen molar-refractivity contribution in [1.82, 2.24) is 0 Å².